The maximum absolute atomic E-state index is 10.9. The number of nitrogens with one attached hydrogen (secondary N) is 1. The van der Waals surface area contributed by atoms with E-state index in [0.29, 0.717) is 14.3 Å². The molecule has 0 aliphatic heterocycles. The van der Waals surface area contributed by atoms with Crippen molar-refractivity contribution in [3.8, 4) is 16.9 Å². The number of benzene rings is 3. The summed E-state index contributed by atoms with van der Waals surface area (Å²) in [5, 5.41) is 15.8. The van der Waals surface area contributed by atoms with E-state index < -0.39 is 0 Å². The van der Waals surface area contributed by atoms with Crippen molar-refractivity contribution in [2.45, 2.75) is 64.7 Å². The molecule has 0 saturated carbocycles. The van der Waals surface area contributed by atoms with Gasteiger partial charge in [0.15, 0.2) is 0 Å². The van der Waals surface area contributed by atoms with Gasteiger partial charge in [-0.15, -0.1) is 0 Å². The average molecular weight is 434 g/mol. The normalized spacial score (nSPS) is 14.1. The molecule has 3 aromatic carbocycles. The first-order chi connectivity index (χ1) is 14.7. The number of hydrogen-bond donors (Lipinski definition) is 2. The van der Waals surface area contributed by atoms with Gasteiger partial charge in [0.2, 0.25) is 0 Å². The predicted molar refractivity (Wildman–Crippen MR) is 137 cm³/mol. The standard InChI is InChI=1S/C28H36NOP/c1-6-18-28(5,31-26-15-11-10-14-23(26)20-29-27(2,3)4)24-19-22(16-17-25(24)30)21-12-8-7-9-13-21/h7-17,19,29-31H,6,18,20H2,1-5H3. The topological polar surface area (TPSA) is 32.3 Å². The monoisotopic (exact) mass is 433 g/mol. The first-order valence-electron chi connectivity index (χ1n) is 11.2. The summed E-state index contributed by atoms with van der Waals surface area (Å²) < 4.78 is 0. The molecule has 0 saturated heterocycles. The lowest BCUT2D eigenvalue weighted by atomic mass is 9.91. The van der Waals surface area contributed by atoms with Gasteiger partial charge in [-0.3, -0.25) is 0 Å². The molecular weight excluding hydrogens is 397 g/mol. The van der Waals surface area contributed by atoms with Gasteiger partial charge in [0, 0.05) is 22.8 Å². The Morgan fingerprint density at radius 2 is 1.52 bits per heavy atom. The van der Waals surface area contributed by atoms with Crippen LogP contribution >= 0.6 is 8.58 Å². The Morgan fingerprint density at radius 3 is 2.19 bits per heavy atom. The number of rotatable bonds is 8. The van der Waals surface area contributed by atoms with Crippen molar-refractivity contribution in [2.24, 2.45) is 0 Å². The highest BCUT2D eigenvalue weighted by Gasteiger charge is 2.30. The van der Waals surface area contributed by atoms with Gasteiger partial charge in [0.05, 0.1) is 0 Å². The molecule has 2 N–H and O–H groups in total. The number of phenolic OH excluding ortho intramolecular Hbond substituents is 1. The van der Waals surface area contributed by atoms with Crippen LogP contribution < -0.4 is 10.6 Å². The minimum Gasteiger partial charge on any atom is -0.508 e. The molecule has 2 nitrogen and oxygen atoms in total. The van der Waals surface area contributed by atoms with E-state index >= 15 is 0 Å². The number of hydrogen-bond acceptors (Lipinski definition) is 2. The van der Waals surface area contributed by atoms with Crippen LogP contribution in [0.15, 0.2) is 72.8 Å². The van der Waals surface area contributed by atoms with Gasteiger partial charge in [-0.1, -0.05) is 89.5 Å². The molecule has 2 atom stereocenters. The Labute approximate surface area is 189 Å². The molecule has 3 aromatic rings. The molecule has 2 unspecified atom stereocenters. The molecule has 0 aliphatic rings. The van der Waals surface area contributed by atoms with Crippen LogP contribution in [0.2, 0.25) is 0 Å². The average Bonchev–Trinajstić information content (AvgIpc) is 2.73. The lowest BCUT2D eigenvalue weighted by molar-refractivity contribution is 0.425. The molecule has 3 rings (SSSR count). The van der Waals surface area contributed by atoms with Gasteiger partial charge in [-0.2, -0.15) is 0 Å². The molecule has 0 amide bonds. The van der Waals surface area contributed by atoms with Crippen LogP contribution in [0.1, 0.15) is 58.6 Å². The van der Waals surface area contributed by atoms with Crippen molar-refractivity contribution < 1.29 is 5.11 Å². The second kappa shape index (κ2) is 9.98. The zero-order valence-corrected chi connectivity index (χ0v) is 20.5. The second-order valence-electron chi connectivity index (χ2n) is 9.57. The Hall–Kier alpha value is -2.15. The first-order valence-corrected chi connectivity index (χ1v) is 12.2. The zero-order valence-electron chi connectivity index (χ0n) is 19.5. The van der Waals surface area contributed by atoms with Crippen LogP contribution in [0, 0.1) is 0 Å². The van der Waals surface area contributed by atoms with Gasteiger partial charge in [0.25, 0.3) is 0 Å². The lowest BCUT2D eigenvalue weighted by Crippen LogP contribution is -2.36. The fourth-order valence-corrected chi connectivity index (χ4v) is 5.82. The van der Waals surface area contributed by atoms with Crippen LogP contribution in [0.5, 0.6) is 5.75 Å². The molecule has 31 heavy (non-hydrogen) atoms. The molecule has 3 heteroatoms. The van der Waals surface area contributed by atoms with Crippen LogP contribution in [0.3, 0.4) is 0 Å². The van der Waals surface area contributed by atoms with E-state index in [0.717, 1.165) is 30.5 Å². The van der Waals surface area contributed by atoms with Crippen molar-refractivity contribution in [3.05, 3.63) is 83.9 Å². The summed E-state index contributed by atoms with van der Waals surface area (Å²) in [4.78, 5) is 0. The Kier molecular flexibility index (Phi) is 7.57. The highest BCUT2D eigenvalue weighted by atomic mass is 31.1. The summed E-state index contributed by atoms with van der Waals surface area (Å²) in [6.45, 7) is 12.0. The van der Waals surface area contributed by atoms with E-state index in [9.17, 15) is 5.11 Å². The lowest BCUT2D eigenvalue weighted by Gasteiger charge is -2.32. The molecule has 164 valence electrons. The van der Waals surface area contributed by atoms with E-state index in [2.05, 4.69) is 94.5 Å². The quantitative estimate of drug-likeness (QED) is 0.376. The van der Waals surface area contributed by atoms with Crippen molar-refractivity contribution in [1.82, 2.24) is 5.32 Å². The van der Waals surface area contributed by atoms with Gasteiger partial charge in [-0.05, 0) is 61.3 Å². The highest BCUT2D eigenvalue weighted by Crippen LogP contribution is 2.49. The Balaban J connectivity index is 1.99. The van der Waals surface area contributed by atoms with E-state index in [1.165, 1.54) is 16.4 Å². The van der Waals surface area contributed by atoms with Crippen molar-refractivity contribution in [3.63, 3.8) is 0 Å². The molecule has 0 bridgehead atoms. The van der Waals surface area contributed by atoms with Crippen molar-refractivity contribution in [2.75, 3.05) is 0 Å². The van der Waals surface area contributed by atoms with E-state index in [1.54, 1.807) is 0 Å². The molecular formula is C28H36NOP. The maximum atomic E-state index is 10.9. The van der Waals surface area contributed by atoms with Crippen molar-refractivity contribution >= 4 is 13.9 Å². The largest absolute Gasteiger partial charge is 0.508 e. The van der Waals surface area contributed by atoms with E-state index in [-0.39, 0.29) is 10.7 Å². The first kappa shape index (κ1) is 23.5. The molecule has 0 spiro atoms. The van der Waals surface area contributed by atoms with Gasteiger partial charge in [-0.25, -0.2) is 0 Å². The highest BCUT2D eigenvalue weighted by molar-refractivity contribution is 7.48. The predicted octanol–water partition coefficient (Wildman–Crippen LogP) is 6.97. The summed E-state index contributed by atoms with van der Waals surface area (Å²) in [6.07, 6.45) is 2.10. The Morgan fingerprint density at radius 1 is 0.839 bits per heavy atom. The minimum atomic E-state index is -0.124. The Bertz CT molecular complexity index is 993. The summed E-state index contributed by atoms with van der Waals surface area (Å²) in [7, 11) is 0.575. The fourth-order valence-electron chi connectivity index (χ4n) is 4.01. The molecule has 0 aromatic heterocycles. The molecule has 0 heterocycles. The van der Waals surface area contributed by atoms with Gasteiger partial charge < -0.3 is 10.4 Å². The molecule has 0 radical (unpaired) electrons. The van der Waals surface area contributed by atoms with Crippen LogP contribution in [-0.4, -0.2) is 10.6 Å². The summed E-state index contributed by atoms with van der Waals surface area (Å²) in [6, 6.07) is 25.2. The third-order valence-electron chi connectivity index (χ3n) is 5.69. The number of phenols is 1. The summed E-state index contributed by atoms with van der Waals surface area (Å²) in [5.74, 6) is 0.397. The molecule has 0 aliphatic carbocycles. The van der Waals surface area contributed by atoms with Gasteiger partial charge in [0.1, 0.15) is 5.75 Å². The summed E-state index contributed by atoms with van der Waals surface area (Å²) in [5.41, 5.74) is 4.80. The van der Waals surface area contributed by atoms with Crippen LogP contribution in [-0.2, 0) is 11.7 Å². The maximum Gasteiger partial charge on any atom is 0.119 e. The minimum absolute atomic E-state index is 0.0746. The fraction of sp³-hybridized carbons (Fsp3) is 0.357. The van der Waals surface area contributed by atoms with Crippen molar-refractivity contribution in [1.29, 1.82) is 0 Å². The van der Waals surface area contributed by atoms with E-state index in [1.807, 2.05) is 18.2 Å². The molecule has 0 fully saturated rings. The second-order valence-corrected chi connectivity index (χ2v) is 11.5. The summed E-state index contributed by atoms with van der Waals surface area (Å²) >= 11 is 0. The smallest absolute Gasteiger partial charge is 0.119 e. The third kappa shape index (κ3) is 6.19. The van der Waals surface area contributed by atoms with Gasteiger partial charge >= 0.3 is 0 Å². The van der Waals surface area contributed by atoms with Crippen LogP contribution in [0.25, 0.3) is 11.1 Å². The number of aromatic hydroxyl groups is 1. The third-order valence-corrected chi connectivity index (χ3v) is 7.51. The van der Waals surface area contributed by atoms with E-state index in [4.69, 9.17) is 0 Å². The SMILES string of the molecule is CCCC(C)(Pc1ccccc1CNC(C)(C)C)c1cc(-c2ccccc2)ccc1O. The van der Waals surface area contributed by atoms with Crippen LogP contribution in [0.4, 0.5) is 0 Å². The zero-order chi connectivity index (χ0) is 22.5.